The van der Waals surface area contributed by atoms with Crippen LogP contribution in [0, 0.1) is 0 Å². The van der Waals surface area contributed by atoms with E-state index in [2.05, 4.69) is 10.2 Å². The van der Waals surface area contributed by atoms with Crippen LogP contribution in [0.3, 0.4) is 0 Å². The number of nitrogens with one attached hydrogen (secondary N) is 1. The number of fused-ring (bicyclic) bond motifs is 1. The van der Waals surface area contributed by atoms with E-state index in [1.807, 2.05) is 24.9 Å². The maximum Gasteiger partial charge on any atom is 0.250 e. The molecule has 1 aliphatic heterocycles. The van der Waals surface area contributed by atoms with Gasteiger partial charge in [-0.05, 0) is 12.8 Å². The Labute approximate surface area is 87.8 Å². The molecule has 0 bridgehead atoms. The number of anilines is 3. The normalized spacial score (nSPS) is 21.5. The number of carbonyl (C=O) groups is 1. The summed E-state index contributed by atoms with van der Waals surface area (Å²) >= 11 is 0. The van der Waals surface area contributed by atoms with Gasteiger partial charge in [0.05, 0.1) is 5.69 Å². The van der Waals surface area contributed by atoms with E-state index in [1.54, 1.807) is 0 Å². The van der Waals surface area contributed by atoms with E-state index in [0.717, 1.165) is 24.2 Å². The molecular weight excluding hydrogens is 192 g/mol. The van der Waals surface area contributed by atoms with Crippen molar-refractivity contribution in [2.24, 2.45) is 7.05 Å². The van der Waals surface area contributed by atoms with E-state index >= 15 is 0 Å². The number of aromatic nitrogens is 1. The molecule has 3 N–H and O–H groups in total. The molecule has 1 spiro atoms. The standard InChI is InChI=1S/C10H14N4O/c1-13-5-6-7(8(13)11)12-9(15)10(3-4-10)14(6)2/h5H,3-4,11H2,1-2H3,(H,12,15). The van der Waals surface area contributed by atoms with Crippen molar-refractivity contribution in [3.63, 3.8) is 0 Å². The first-order valence-electron chi connectivity index (χ1n) is 5.06. The molecule has 2 heterocycles. The zero-order valence-corrected chi connectivity index (χ0v) is 8.87. The average molecular weight is 206 g/mol. The van der Waals surface area contributed by atoms with Gasteiger partial charge in [-0.2, -0.15) is 0 Å². The van der Waals surface area contributed by atoms with Crippen molar-refractivity contribution in [1.82, 2.24) is 4.57 Å². The van der Waals surface area contributed by atoms with Gasteiger partial charge in [-0.15, -0.1) is 0 Å². The number of amides is 1. The Morgan fingerprint density at radius 1 is 1.47 bits per heavy atom. The molecule has 0 radical (unpaired) electrons. The molecule has 1 aromatic rings. The molecule has 0 saturated heterocycles. The number of likely N-dealkylation sites (N-methyl/N-ethyl adjacent to an activating group) is 1. The quantitative estimate of drug-likeness (QED) is 0.650. The van der Waals surface area contributed by atoms with Crippen LogP contribution >= 0.6 is 0 Å². The number of carbonyl (C=O) groups excluding carboxylic acids is 1. The summed E-state index contributed by atoms with van der Waals surface area (Å²) in [6, 6.07) is 0. The molecule has 1 aliphatic carbocycles. The van der Waals surface area contributed by atoms with Gasteiger partial charge in [0.15, 0.2) is 0 Å². The molecule has 1 fully saturated rings. The first kappa shape index (κ1) is 8.64. The number of rotatable bonds is 0. The third-order valence-corrected chi connectivity index (χ3v) is 3.60. The molecule has 15 heavy (non-hydrogen) atoms. The first-order valence-corrected chi connectivity index (χ1v) is 5.06. The molecule has 0 aromatic carbocycles. The fourth-order valence-electron chi connectivity index (χ4n) is 2.30. The van der Waals surface area contributed by atoms with Crippen molar-refractivity contribution in [3.05, 3.63) is 6.20 Å². The Morgan fingerprint density at radius 2 is 2.13 bits per heavy atom. The smallest absolute Gasteiger partial charge is 0.250 e. The van der Waals surface area contributed by atoms with Gasteiger partial charge in [-0.3, -0.25) is 4.79 Å². The molecular formula is C10H14N4O. The van der Waals surface area contributed by atoms with Crippen molar-refractivity contribution in [1.29, 1.82) is 0 Å². The Bertz CT molecular complexity index is 458. The fourth-order valence-corrected chi connectivity index (χ4v) is 2.30. The second kappa shape index (κ2) is 2.29. The number of nitrogens with two attached hydrogens (primary N) is 1. The van der Waals surface area contributed by atoms with Gasteiger partial charge in [-0.1, -0.05) is 0 Å². The van der Waals surface area contributed by atoms with Crippen LogP contribution in [0.4, 0.5) is 17.2 Å². The molecule has 5 nitrogen and oxygen atoms in total. The fraction of sp³-hybridized carbons (Fsp3) is 0.500. The van der Waals surface area contributed by atoms with E-state index in [1.165, 1.54) is 0 Å². The van der Waals surface area contributed by atoms with Crippen LogP contribution in [0.2, 0.25) is 0 Å². The zero-order valence-electron chi connectivity index (χ0n) is 8.87. The zero-order chi connectivity index (χ0) is 10.8. The SMILES string of the molecule is CN1c2cn(C)c(N)c2NC(=O)C12CC2. The van der Waals surface area contributed by atoms with Gasteiger partial charge in [0, 0.05) is 20.3 Å². The Hall–Kier alpha value is -1.65. The number of nitrogens with zero attached hydrogens (tertiary/aromatic N) is 2. The highest BCUT2D eigenvalue weighted by Crippen LogP contribution is 2.50. The van der Waals surface area contributed by atoms with E-state index in [0.29, 0.717) is 5.82 Å². The Morgan fingerprint density at radius 3 is 2.73 bits per heavy atom. The maximum atomic E-state index is 11.9. The summed E-state index contributed by atoms with van der Waals surface area (Å²) in [5, 5.41) is 2.91. The average Bonchev–Trinajstić information content (AvgIpc) is 2.95. The van der Waals surface area contributed by atoms with Crippen LogP contribution in [0.15, 0.2) is 6.20 Å². The maximum absolute atomic E-state index is 11.9. The van der Waals surface area contributed by atoms with Crippen LogP contribution in [0.25, 0.3) is 0 Å². The minimum absolute atomic E-state index is 0.0791. The summed E-state index contributed by atoms with van der Waals surface area (Å²) in [5.74, 6) is 0.691. The van der Waals surface area contributed by atoms with Crippen LogP contribution < -0.4 is 16.0 Å². The summed E-state index contributed by atoms with van der Waals surface area (Å²) in [6.07, 6.45) is 3.83. The summed E-state index contributed by atoms with van der Waals surface area (Å²) in [7, 11) is 3.84. The van der Waals surface area contributed by atoms with Crippen LogP contribution in [0.1, 0.15) is 12.8 Å². The molecule has 3 rings (SSSR count). The second-order valence-electron chi connectivity index (χ2n) is 4.43. The monoisotopic (exact) mass is 206 g/mol. The predicted molar refractivity (Wildman–Crippen MR) is 58.8 cm³/mol. The van der Waals surface area contributed by atoms with Crippen molar-refractivity contribution in [2.75, 3.05) is 23.0 Å². The number of aryl methyl sites for hydroxylation is 1. The highest BCUT2D eigenvalue weighted by Gasteiger charge is 2.56. The number of hydrogen-bond donors (Lipinski definition) is 2. The van der Waals surface area contributed by atoms with Crippen LogP contribution in [-0.2, 0) is 11.8 Å². The van der Waals surface area contributed by atoms with Gasteiger partial charge in [0.25, 0.3) is 0 Å². The molecule has 1 saturated carbocycles. The highest BCUT2D eigenvalue weighted by molar-refractivity contribution is 6.10. The molecule has 1 aromatic heterocycles. The van der Waals surface area contributed by atoms with Gasteiger partial charge < -0.3 is 20.5 Å². The number of hydrogen-bond acceptors (Lipinski definition) is 3. The van der Waals surface area contributed by atoms with Crippen molar-refractivity contribution in [3.8, 4) is 0 Å². The first-order chi connectivity index (χ1) is 7.06. The molecule has 80 valence electrons. The minimum atomic E-state index is -0.291. The van der Waals surface area contributed by atoms with Gasteiger partial charge in [0.1, 0.15) is 17.0 Å². The lowest BCUT2D eigenvalue weighted by atomic mass is 10.1. The van der Waals surface area contributed by atoms with E-state index < -0.39 is 0 Å². The lowest BCUT2D eigenvalue weighted by Gasteiger charge is -2.33. The molecule has 5 heteroatoms. The largest absolute Gasteiger partial charge is 0.383 e. The van der Waals surface area contributed by atoms with E-state index in [9.17, 15) is 4.79 Å². The summed E-state index contributed by atoms with van der Waals surface area (Å²) in [5.41, 5.74) is 7.36. The van der Waals surface area contributed by atoms with Gasteiger partial charge in [0.2, 0.25) is 5.91 Å². The lowest BCUT2D eigenvalue weighted by molar-refractivity contribution is -0.118. The third-order valence-electron chi connectivity index (χ3n) is 3.60. The van der Waals surface area contributed by atoms with Gasteiger partial charge in [-0.25, -0.2) is 0 Å². The Balaban J connectivity index is 2.17. The summed E-state index contributed by atoms with van der Waals surface area (Å²) in [4.78, 5) is 13.9. The highest BCUT2D eigenvalue weighted by atomic mass is 16.2. The van der Waals surface area contributed by atoms with Crippen LogP contribution in [-0.4, -0.2) is 23.1 Å². The lowest BCUT2D eigenvalue weighted by Crippen LogP contribution is -2.48. The molecule has 0 atom stereocenters. The van der Waals surface area contributed by atoms with Crippen LogP contribution in [0.5, 0.6) is 0 Å². The van der Waals surface area contributed by atoms with Gasteiger partial charge >= 0.3 is 0 Å². The third kappa shape index (κ3) is 0.854. The molecule has 2 aliphatic rings. The van der Waals surface area contributed by atoms with Crippen molar-refractivity contribution in [2.45, 2.75) is 18.4 Å². The Kier molecular flexibility index (Phi) is 1.32. The second-order valence-corrected chi connectivity index (χ2v) is 4.43. The molecule has 0 unspecified atom stereocenters. The number of nitrogen functional groups attached to an aromatic ring is 1. The van der Waals surface area contributed by atoms with Crippen molar-refractivity contribution >= 4 is 23.1 Å². The van der Waals surface area contributed by atoms with Crippen molar-refractivity contribution < 1.29 is 4.79 Å². The van der Waals surface area contributed by atoms with E-state index in [4.69, 9.17) is 5.73 Å². The predicted octanol–water partition coefficient (Wildman–Crippen LogP) is 0.528. The van der Waals surface area contributed by atoms with E-state index in [-0.39, 0.29) is 11.4 Å². The summed E-state index contributed by atoms with van der Waals surface area (Å²) < 4.78 is 1.84. The topological polar surface area (TPSA) is 63.3 Å². The summed E-state index contributed by atoms with van der Waals surface area (Å²) in [6.45, 7) is 0. The minimum Gasteiger partial charge on any atom is -0.383 e. The molecule has 1 amide bonds.